The molecule has 0 heterocycles. The number of carbonyl (C=O) groups excluding carboxylic acids is 2. The van der Waals surface area contributed by atoms with Gasteiger partial charge in [0, 0.05) is 6.42 Å². The van der Waals surface area contributed by atoms with Crippen LogP contribution in [0.25, 0.3) is 0 Å². The minimum absolute atomic E-state index is 0.106. The van der Waals surface area contributed by atoms with Gasteiger partial charge in [0.15, 0.2) is 0 Å². The number of ether oxygens (including phenoxy) is 1. The first-order valence-corrected chi connectivity index (χ1v) is 3.77. The van der Waals surface area contributed by atoms with E-state index in [2.05, 4.69) is 4.74 Å². The Balaban J connectivity index is 3.74. The third-order valence-electron chi connectivity index (χ3n) is 1.66. The molecular weight excluding hydrogens is 144 g/mol. The Bertz CT molecular complexity index is 131. The third-order valence-corrected chi connectivity index (χ3v) is 1.66. The maximum atomic E-state index is 10.9. The Morgan fingerprint density at radius 1 is 1.64 bits per heavy atom. The number of methoxy groups -OCH3 is 1. The van der Waals surface area contributed by atoms with Crippen LogP contribution in [-0.2, 0) is 14.3 Å². The first-order chi connectivity index (χ1) is 5.26. The van der Waals surface area contributed by atoms with Crippen LogP contribution in [0.2, 0.25) is 0 Å². The van der Waals surface area contributed by atoms with Gasteiger partial charge in [-0.1, -0.05) is 6.92 Å². The summed E-state index contributed by atoms with van der Waals surface area (Å²) in [4.78, 5) is 20.9. The van der Waals surface area contributed by atoms with Crippen LogP contribution in [0.3, 0.4) is 0 Å². The van der Waals surface area contributed by atoms with Crippen LogP contribution in [0.15, 0.2) is 0 Å². The Kier molecular flexibility index (Phi) is 5.43. The molecule has 0 N–H and O–H groups in total. The number of aldehydes is 1. The summed E-state index contributed by atoms with van der Waals surface area (Å²) in [5, 5.41) is 0. The van der Waals surface area contributed by atoms with Crippen molar-refractivity contribution >= 4 is 12.3 Å². The van der Waals surface area contributed by atoms with E-state index in [0.717, 1.165) is 12.7 Å². The van der Waals surface area contributed by atoms with Crippen LogP contribution in [-0.4, -0.2) is 19.4 Å². The zero-order valence-electron chi connectivity index (χ0n) is 7.00. The molecule has 0 aliphatic rings. The van der Waals surface area contributed by atoms with Gasteiger partial charge in [0.1, 0.15) is 6.29 Å². The van der Waals surface area contributed by atoms with Gasteiger partial charge in [0.25, 0.3) is 0 Å². The van der Waals surface area contributed by atoms with Gasteiger partial charge < -0.3 is 9.53 Å². The first kappa shape index (κ1) is 10.1. The monoisotopic (exact) mass is 158 g/mol. The molecule has 0 bridgehead atoms. The molecule has 0 spiro atoms. The zero-order chi connectivity index (χ0) is 8.69. The summed E-state index contributed by atoms with van der Waals surface area (Å²) in [5.74, 6) is -0.320. The molecule has 3 nitrogen and oxygen atoms in total. The fourth-order valence-electron chi connectivity index (χ4n) is 0.925. The summed E-state index contributed by atoms with van der Waals surface area (Å²) >= 11 is 0. The first-order valence-electron chi connectivity index (χ1n) is 3.77. The maximum absolute atomic E-state index is 10.9. The fraction of sp³-hybridized carbons (Fsp3) is 0.750. The molecular formula is C8H14O3. The van der Waals surface area contributed by atoms with Gasteiger partial charge in [0.2, 0.25) is 0 Å². The summed E-state index contributed by atoms with van der Waals surface area (Å²) in [7, 11) is 1.37. The Labute approximate surface area is 66.7 Å². The topological polar surface area (TPSA) is 43.4 Å². The van der Waals surface area contributed by atoms with Crippen molar-refractivity contribution in [2.24, 2.45) is 5.92 Å². The van der Waals surface area contributed by atoms with Gasteiger partial charge in [-0.2, -0.15) is 0 Å². The molecule has 11 heavy (non-hydrogen) atoms. The number of esters is 1. The molecule has 0 aliphatic carbocycles. The lowest BCUT2D eigenvalue weighted by molar-refractivity contribution is -0.145. The lowest BCUT2D eigenvalue weighted by Crippen LogP contribution is -2.15. The molecule has 3 heteroatoms. The normalized spacial score (nSPS) is 12.2. The molecule has 0 saturated carbocycles. The van der Waals surface area contributed by atoms with Gasteiger partial charge in [0.05, 0.1) is 13.0 Å². The number of rotatable bonds is 5. The fourth-order valence-corrected chi connectivity index (χ4v) is 0.925. The summed E-state index contributed by atoms with van der Waals surface area (Å²) in [6.45, 7) is 1.91. The Hall–Kier alpha value is -0.860. The summed E-state index contributed by atoms with van der Waals surface area (Å²) in [5.41, 5.74) is 0. The van der Waals surface area contributed by atoms with E-state index in [4.69, 9.17) is 0 Å². The Morgan fingerprint density at radius 3 is 2.64 bits per heavy atom. The number of hydrogen-bond donors (Lipinski definition) is 0. The average molecular weight is 158 g/mol. The molecule has 0 aromatic rings. The third kappa shape index (κ3) is 3.75. The van der Waals surface area contributed by atoms with E-state index in [1.54, 1.807) is 0 Å². The molecule has 0 aliphatic heterocycles. The van der Waals surface area contributed by atoms with Crippen LogP contribution in [0, 0.1) is 5.92 Å². The second-order valence-electron chi connectivity index (χ2n) is 2.37. The zero-order valence-corrected chi connectivity index (χ0v) is 7.00. The highest BCUT2D eigenvalue weighted by Gasteiger charge is 2.15. The van der Waals surface area contributed by atoms with E-state index < -0.39 is 0 Å². The van der Waals surface area contributed by atoms with E-state index in [9.17, 15) is 9.59 Å². The quantitative estimate of drug-likeness (QED) is 0.445. The molecule has 0 amide bonds. The van der Waals surface area contributed by atoms with Gasteiger partial charge in [-0.3, -0.25) is 4.79 Å². The van der Waals surface area contributed by atoms with Crippen molar-refractivity contribution in [3.8, 4) is 0 Å². The largest absolute Gasteiger partial charge is 0.469 e. The molecule has 0 fully saturated rings. The predicted molar refractivity (Wildman–Crippen MR) is 41.1 cm³/mol. The number of carbonyl (C=O) groups is 2. The smallest absolute Gasteiger partial charge is 0.308 e. The Morgan fingerprint density at radius 2 is 2.27 bits per heavy atom. The van der Waals surface area contributed by atoms with Crippen molar-refractivity contribution in [3.05, 3.63) is 0 Å². The van der Waals surface area contributed by atoms with Gasteiger partial charge >= 0.3 is 5.97 Å². The average Bonchev–Trinajstić information content (AvgIpc) is 2.05. The second kappa shape index (κ2) is 5.89. The summed E-state index contributed by atoms with van der Waals surface area (Å²) < 4.78 is 4.55. The molecule has 64 valence electrons. The van der Waals surface area contributed by atoms with Crippen molar-refractivity contribution in [1.29, 1.82) is 0 Å². The van der Waals surface area contributed by atoms with Gasteiger partial charge in [-0.25, -0.2) is 0 Å². The van der Waals surface area contributed by atoms with Crippen molar-refractivity contribution in [3.63, 3.8) is 0 Å². The van der Waals surface area contributed by atoms with Crippen molar-refractivity contribution in [2.75, 3.05) is 7.11 Å². The minimum atomic E-state index is -0.214. The van der Waals surface area contributed by atoms with E-state index in [1.165, 1.54) is 7.11 Å². The van der Waals surface area contributed by atoms with Crippen LogP contribution >= 0.6 is 0 Å². The highest BCUT2D eigenvalue weighted by Crippen LogP contribution is 2.11. The standard InChI is InChI=1S/C8H14O3/c1-3-7(5-4-6-9)8(10)11-2/h6-7H,3-5H2,1-2H3. The molecule has 0 radical (unpaired) electrons. The molecule has 0 saturated heterocycles. The van der Waals surface area contributed by atoms with Crippen molar-refractivity contribution in [2.45, 2.75) is 26.2 Å². The summed E-state index contributed by atoms with van der Waals surface area (Å²) in [6, 6.07) is 0. The molecule has 0 rings (SSSR count). The van der Waals surface area contributed by atoms with E-state index >= 15 is 0 Å². The van der Waals surface area contributed by atoms with Gasteiger partial charge in [-0.15, -0.1) is 0 Å². The van der Waals surface area contributed by atoms with Crippen LogP contribution < -0.4 is 0 Å². The van der Waals surface area contributed by atoms with Gasteiger partial charge in [-0.05, 0) is 12.8 Å². The van der Waals surface area contributed by atoms with Crippen LogP contribution in [0.5, 0.6) is 0 Å². The molecule has 0 aromatic carbocycles. The molecule has 1 atom stereocenters. The van der Waals surface area contributed by atoms with Crippen LogP contribution in [0.4, 0.5) is 0 Å². The summed E-state index contributed by atoms with van der Waals surface area (Å²) in [6.07, 6.45) is 2.60. The van der Waals surface area contributed by atoms with E-state index in [-0.39, 0.29) is 11.9 Å². The molecule has 0 aromatic heterocycles. The van der Waals surface area contributed by atoms with E-state index in [0.29, 0.717) is 12.8 Å². The molecule has 1 unspecified atom stereocenters. The van der Waals surface area contributed by atoms with E-state index in [1.807, 2.05) is 6.92 Å². The van der Waals surface area contributed by atoms with Crippen LogP contribution in [0.1, 0.15) is 26.2 Å². The number of hydrogen-bond acceptors (Lipinski definition) is 3. The lowest BCUT2D eigenvalue weighted by Gasteiger charge is -2.09. The maximum Gasteiger partial charge on any atom is 0.308 e. The highest BCUT2D eigenvalue weighted by atomic mass is 16.5. The lowest BCUT2D eigenvalue weighted by atomic mass is 10.0. The predicted octanol–water partition coefficient (Wildman–Crippen LogP) is 1.16. The SMILES string of the molecule is CCC(CCC=O)C(=O)OC. The van der Waals surface area contributed by atoms with Crippen molar-refractivity contribution in [1.82, 2.24) is 0 Å². The highest BCUT2D eigenvalue weighted by molar-refractivity contribution is 5.72. The second-order valence-corrected chi connectivity index (χ2v) is 2.37. The minimum Gasteiger partial charge on any atom is -0.469 e. The van der Waals surface area contributed by atoms with Crippen molar-refractivity contribution < 1.29 is 14.3 Å².